The lowest BCUT2D eigenvalue weighted by Crippen LogP contribution is -2.12. The van der Waals surface area contributed by atoms with E-state index in [2.05, 4.69) is 15.9 Å². The van der Waals surface area contributed by atoms with Crippen LogP contribution in [-0.4, -0.2) is 5.78 Å². The van der Waals surface area contributed by atoms with Gasteiger partial charge >= 0.3 is 0 Å². The minimum atomic E-state index is 0.303. The van der Waals surface area contributed by atoms with Gasteiger partial charge in [0.2, 0.25) is 0 Å². The predicted octanol–water partition coefficient (Wildman–Crippen LogP) is 4.91. The fourth-order valence-corrected chi connectivity index (χ4v) is 2.92. The molecule has 0 aromatic heterocycles. The maximum absolute atomic E-state index is 12.2. The first-order valence-corrected chi connectivity index (χ1v) is 7.25. The van der Waals surface area contributed by atoms with E-state index in [1.807, 2.05) is 25.1 Å². The van der Waals surface area contributed by atoms with E-state index in [-0.39, 0.29) is 0 Å². The Balaban J connectivity index is 2.01. The van der Waals surface area contributed by atoms with Crippen molar-refractivity contribution in [3.8, 4) is 0 Å². The van der Waals surface area contributed by atoms with Gasteiger partial charge in [0.15, 0.2) is 5.78 Å². The third-order valence-electron chi connectivity index (χ3n) is 3.69. The highest BCUT2D eigenvalue weighted by atomic mass is 79.9. The average molecular weight is 295 g/mol. The summed E-state index contributed by atoms with van der Waals surface area (Å²) in [4.78, 5) is 12.2. The summed E-state index contributed by atoms with van der Waals surface area (Å²) in [6, 6.07) is 5.92. The van der Waals surface area contributed by atoms with Gasteiger partial charge in [0.25, 0.3) is 0 Å². The molecule has 0 saturated heterocycles. The van der Waals surface area contributed by atoms with Crippen LogP contribution in [0.25, 0.3) is 0 Å². The van der Waals surface area contributed by atoms with E-state index in [0.717, 1.165) is 16.5 Å². The van der Waals surface area contributed by atoms with Crippen molar-refractivity contribution in [1.29, 1.82) is 0 Å². The van der Waals surface area contributed by atoms with Gasteiger partial charge in [-0.2, -0.15) is 0 Å². The van der Waals surface area contributed by atoms with Gasteiger partial charge in [0, 0.05) is 16.5 Å². The van der Waals surface area contributed by atoms with Crippen molar-refractivity contribution in [2.24, 2.45) is 5.92 Å². The van der Waals surface area contributed by atoms with Gasteiger partial charge in [-0.05, 0) is 24.5 Å². The topological polar surface area (TPSA) is 17.1 Å². The van der Waals surface area contributed by atoms with Crippen molar-refractivity contribution in [2.75, 3.05) is 0 Å². The second-order valence-electron chi connectivity index (χ2n) is 5.10. The first-order chi connectivity index (χ1) is 8.16. The minimum absolute atomic E-state index is 0.303. The van der Waals surface area contributed by atoms with Gasteiger partial charge in [-0.1, -0.05) is 60.2 Å². The lowest BCUT2D eigenvalue weighted by Gasteiger charge is -2.20. The average Bonchev–Trinajstić information content (AvgIpc) is 2.34. The van der Waals surface area contributed by atoms with Crippen LogP contribution in [0.2, 0.25) is 0 Å². The van der Waals surface area contributed by atoms with E-state index in [1.165, 1.54) is 37.7 Å². The number of hydrogen-bond acceptors (Lipinski definition) is 1. The van der Waals surface area contributed by atoms with E-state index in [1.54, 1.807) is 0 Å². The molecule has 0 spiro atoms. The lowest BCUT2D eigenvalue weighted by molar-refractivity contribution is 0.0950. The number of hydrogen-bond donors (Lipinski definition) is 0. The molecule has 1 nitrogen and oxygen atoms in total. The maximum atomic E-state index is 12.2. The number of Topliss-reactive ketones (excluding diaryl/α,β-unsaturated/α-hetero) is 1. The molecule has 1 saturated carbocycles. The molecule has 1 aromatic carbocycles. The molecule has 0 unspecified atom stereocenters. The van der Waals surface area contributed by atoms with E-state index >= 15 is 0 Å². The maximum Gasteiger partial charge on any atom is 0.163 e. The van der Waals surface area contributed by atoms with E-state index in [0.29, 0.717) is 11.7 Å². The zero-order chi connectivity index (χ0) is 12.3. The molecule has 1 fully saturated rings. The molecule has 0 aliphatic heterocycles. The van der Waals surface area contributed by atoms with Crippen LogP contribution in [0.4, 0.5) is 0 Å². The van der Waals surface area contributed by atoms with E-state index < -0.39 is 0 Å². The zero-order valence-corrected chi connectivity index (χ0v) is 11.9. The number of ketones is 1. The summed E-state index contributed by atoms with van der Waals surface area (Å²) in [5.41, 5.74) is 2.03. The first kappa shape index (κ1) is 12.8. The van der Waals surface area contributed by atoms with Gasteiger partial charge in [0.1, 0.15) is 0 Å². The van der Waals surface area contributed by atoms with E-state index in [9.17, 15) is 4.79 Å². The second kappa shape index (κ2) is 5.81. The van der Waals surface area contributed by atoms with E-state index in [4.69, 9.17) is 0 Å². The van der Waals surface area contributed by atoms with Crippen LogP contribution < -0.4 is 0 Å². The Morgan fingerprint density at radius 3 is 2.65 bits per heavy atom. The molecular weight excluding hydrogens is 276 g/mol. The third-order valence-corrected chi connectivity index (χ3v) is 4.55. The molecule has 1 aromatic rings. The molecule has 0 radical (unpaired) electrons. The molecule has 2 rings (SSSR count). The van der Waals surface area contributed by atoms with Crippen LogP contribution in [0, 0.1) is 12.8 Å². The largest absolute Gasteiger partial charge is 0.294 e. The highest BCUT2D eigenvalue weighted by Crippen LogP contribution is 2.28. The number of carbonyl (C=O) groups excluding carboxylic acids is 1. The predicted molar refractivity (Wildman–Crippen MR) is 74.4 cm³/mol. The summed E-state index contributed by atoms with van der Waals surface area (Å²) in [5.74, 6) is 0.925. The van der Waals surface area contributed by atoms with Crippen LogP contribution >= 0.6 is 15.9 Å². The molecule has 0 N–H and O–H groups in total. The summed E-state index contributed by atoms with van der Waals surface area (Å²) in [5, 5.41) is 0. The van der Waals surface area contributed by atoms with Crippen molar-refractivity contribution in [1.82, 2.24) is 0 Å². The Bertz CT molecular complexity index is 405. The molecule has 0 heterocycles. The van der Waals surface area contributed by atoms with Crippen LogP contribution in [-0.2, 0) is 0 Å². The number of benzene rings is 1. The Hall–Kier alpha value is -0.630. The molecule has 17 heavy (non-hydrogen) atoms. The van der Waals surface area contributed by atoms with Crippen molar-refractivity contribution in [3.63, 3.8) is 0 Å². The van der Waals surface area contributed by atoms with Gasteiger partial charge in [0.05, 0.1) is 0 Å². The van der Waals surface area contributed by atoms with Gasteiger partial charge in [-0.25, -0.2) is 0 Å². The van der Waals surface area contributed by atoms with Crippen LogP contribution in [0.5, 0.6) is 0 Å². The second-order valence-corrected chi connectivity index (χ2v) is 5.95. The van der Waals surface area contributed by atoms with Crippen molar-refractivity contribution in [2.45, 2.75) is 45.4 Å². The summed E-state index contributed by atoms with van der Waals surface area (Å²) in [6.45, 7) is 2.04. The Morgan fingerprint density at radius 2 is 2.00 bits per heavy atom. The highest BCUT2D eigenvalue weighted by molar-refractivity contribution is 9.10. The number of carbonyl (C=O) groups is 1. The normalized spacial score (nSPS) is 17.1. The molecule has 0 bridgehead atoms. The van der Waals surface area contributed by atoms with Crippen LogP contribution in [0.1, 0.15) is 54.4 Å². The lowest BCUT2D eigenvalue weighted by atomic mass is 9.85. The monoisotopic (exact) mass is 294 g/mol. The molecule has 2 heteroatoms. The SMILES string of the molecule is Cc1ccc(C(=O)CC2CCCCC2)cc1Br. The zero-order valence-electron chi connectivity index (χ0n) is 10.3. The summed E-state index contributed by atoms with van der Waals surface area (Å²) >= 11 is 3.49. The van der Waals surface area contributed by atoms with Crippen molar-refractivity contribution < 1.29 is 4.79 Å². The Labute approximate surface area is 112 Å². The number of rotatable bonds is 3. The molecule has 0 amide bonds. The van der Waals surface area contributed by atoms with Gasteiger partial charge in [-0.3, -0.25) is 4.79 Å². The van der Waals surface area contributed by atoms with Crippen molar-refractivity contribution in [3.05, 3.63) is 33.8 Å². The number of halogens is 1. The molecule has 1 aliphatic carbocycles. The summed E-state index contributed by atoms with van der Waals surface area (Å²) in [7, 11) is 0. The Morgan fingerprint density at radius 1 is 1.29 bits per heavy atom. The first-order valence-electron chi connectivity index (χ1n) is 6.46. The van der Waals surface area contributed by atoms with Gasteiger partial charge in [-0.15, -0.1) is 0 Å². The molecule has 1 aliphatic rings. The fraction of sp³-hybridized carbons (Fsp3) is 0.533. The van der Waals surface area contributed by atoms with Gasteiger partial charge < -0.3 is 0 Å². The number of aryl methyl sites for hydroxylation is 1. The quantitative estimate of drug-likeness (QED) is 0.724. The Kier molecular flexibility index (Phi) is 4.38. The highest BCUT2D eigenvalue weighted by Gasteiger charge is 2.18. The smallest absolute Gasteiger partial charge is 0.163 e. The molecule has 92 valence electrons. The standard InChI is InChI=1S/C15H19BrO/c1-11-7-8-13(10-14(11)16)15(17)9-12-5-3-2-4-6-12/h7-8,10,12H,2-6,9H2,1H3. The molecule has 0 atom stereocenters. The fourth-order valence-electron chi connectivity index (χ4n) is 2.54. The van der Waals surface area contributed by atoms with Crippen molar-refractivity contribution >= 4 is 21.7 Å². The summed E-state index contributed by atoms with van der Waals surface area (Å²) < 4.78 is 1.03. The van der Waals surface area contributed by atoms with Crippen LogP contribution in [0.15, 0.2) is 22.7 Å². The summed E-state index contributed by atoms with van der Waals surface area (Å²) in [6.07, 6.45) is 7.15. The third kappa shape index (κ3) is 3.41. The molecular formula is C15H19BrO. The minimum Gasteiger partial charge on any atom is -0.294 e. The van der Waals surface area contributed by atoms with Crippen LogP contribution in [0.3, 0.4) is 0 Å².